The van der Waals surface area contributed by atoms with Crippen LogP contribution in [0.5, 0.6) is 0 Å². The van der Waals surface area contributed by atoms with Gasteiger partial charge in [0.05, 0.1) is 16.7 Å². The van der Waals surface area contributed by atoms with E-state index in [0.717, 1.165) is 24.1 Å². The highest BCUT2D eigenvalue weighted by molar-refractivity contribution is 6.35. The highest BCUT2D eigenvalue weighted by atomic mass is 35.5. The number of benzene rings is 2. The average Bonchev–Trinajstić information content (AvgIpc) is 3.02. The van der Waals surface area contributed by atoms with Gasteiger partial charge in [-0.2, -0.15) is 0 Å². The van der Waals surface area contributed by atoms with Gasteiger partial charge in [-0.1, -0.05) is 66.8 Å². The summed E-state index contributed by atoms with van der Waals surface area (Å²) >= 11 is 12.2. The largest absolute Gasteiger partial charge is 0.365 e. The summed E-state index contributed by atoms with van der Waals surface area (Å²) in [4.78, 5) is 31.3. The molecule has 0 saturated heterocycles. The second kappa shape index (κ2) is 7.89. The molecular weight excluding hydrogens is 447 g/mol. The van der Waals surface area contributed by atoms with E-state index >= 15 is 0 Å². The molecule has 4 rings (SSSR count). The Morgan fingerprint density at radius 2 is 1.62 bits per heavy atom. The summed E-state index contributed by atoms with van der Waals surface area (Å²) in [6.45, 7) is 8.24. The first-order chi connectivity index (χ1) is 15.0. The monoisotopic (exact) mass is 472 g/mol. The third-order valence-corrected chi connectivity index (χ3v) is 8.25. The lowest BCUT2D eigenvalue weighted by Gasteiger charge is -2.39. The minimum Gasteiger partial charge on any atom is -0.325 e. The molecule has 2 aliphatic carbocycles. The molecule has 0 spiro atoms. The maximum atomic E-state index is 13.6. The van der Waals surface area contributed by atoms with Crippen molar-refractivity contribution in [2.24, 2.45) is 21.4 Å². The number of amides is 1. The van der Waals surface area contributed by atoms with Crippen molar-refractivity contribution in [2.75, 3.05) is 5.32 Å². The molecule has 7 heteroatoms. The molecule has 1 amide bonds. The topological polar surface area (TPSA) is 67.8 Å². The summed E-state index contributed by atoms with van der Waals surface area (Å²) in [5.74, 6) is -0.603. The number of rotatable bonds is 4. The normalized spacial score (nSPS) is 26.9. The molecule has 2 fully saturated rings. The predicted molar refractivity (Wildman–Crippen MR) is 127 cm³/mol. The van der Waals surface area contributed by atoms with Crippen molar-refractivity contribution in [3.05, 3.63) is 63.6 Å². The highest BCUT2D eigenvalue weighted by Crippen LogP contribution is 2.71. The number of anilines is 1. The van der Waals surface area contributed by atoms with Crippen LogP contribution in [0.25, 0.3) is 0 Å². The molecule has 0 heterocycles. The molecule has 0 aliphatic heterocycles. The Morgan fingerprint density at radius 3 is 2.25 bits per heavy atom. The Hall–Kier alpha value is -2.37. The SMILES string of the molecule is Cc1ccc(C(=O)ON=C2CC3(C(=O)Nc4cc(Cl)cc(Cl)c4)CCC2(C)C3(C)C)cc1. The zero-order valence-electron chi connectivity index (χ0n) is 18.6. The van der Waals surface area contributed by atoms with Crippen molar-refractivity contribution in [3.8, 4) is 0 Å². The summed E-state index contributed by atoms with van der Waals surface area (Å²) in [6, 6.07) is 12.1. The number of carbonyl (C=O) groups is 2. The number of halogens is 2. The van der Waals surface area contributed by atoms with E-state index in [0.29, 0.717) is 27.7 Å². The van der Waals surface area contributed by atoms with E-state index in [1.165, 1.54) is 0 Å². The first-order valence-corrected chi connectivity index (χ1v) is 11.4. The maximum Gasteiger partial charge on any atom is 0.365 e. The lowest BCUT2D eigenvalue weighted by Crippen LogP contribution is -2.43. The van der Waals surface area contributed by atoms with Crippen LogP contribution in [-0.4, -0.2) is 17.6 Å². The van der Waals surface area contributed by atoms with Crippen LogP contribution in [0.3, 0.4) is 0 Å². The molecule has 2 saturated carbocycles. The molecule has 0 radical (unpaired) electrons. The molecule has 32 heavy (non-hydrogen) atoms. The Balaban J connectivity index is 1.59. The minimum atomic E-state index is -0.675. The van der Waals surface area contributed by atoms with Crippen molar-refractivity contribution in [1.29, 1.82) is 0 Å². The fraction of sp³-hybridized carbons (Fsp3) is 0.400. The van der Waals surface area contributed by atoms with E-state index in [1.54, 1.807) is 30.3 Å². The number of nitrogens with one attached hydrogen (secondary N) is 1. The Morgan fingerprint density at radius 1 is 1.00 bits per heavy atom. The van der Waals surface area contributed by atoms with Gasteiger partial charge in [0.2, 0.25) is 5.91 Å². The minimum absolute atomic E-state index is 0.0976. The van der Waals surface area contributed by atoms with Gasteiger partial charge < -0.3 is 10.2 Å². The summed E-state index contributed by atoms with van der Waals surface area (Å²) in [5, 5.41) is 8.19. The molecule has 5 nitrogen and oxygen atoms in total. The van der Waals surface area contributed by atoms with Crippen molar-refractivity contribution in [3.63, 3.8) is 0 Å². The van der Waals surface area contributed by atoms with Gasteiger partial charge in [-0.3, -0.25) is 4.79 Å². The Bertz CT molecular complexity index is 1110. The highest BCUT2D eigenvalue weighted by Gasteiger charge is 2.71. The van der Waals surface area contributed by atoms with Gasteiger partial charge in [-0.25, -0.2) is 4.79 Å². The van der Waals surface area contributed by atoms with Gasteiger partial charge in [-0.15, -0.1) is 0 Å². The molecule has 2 bridgehead atoms. The molecule has 2 aliphatic rings. The van der Waals surface area contributed by atoms with Gasteiger partial charge in [0.25, 0.3) is 0 Å². The van der Waals surface area contributed by atoms with Crippen LogP contribution in [0.4, 0.5) is 5.69 Å². The van der Waals surface area contributed by atoms with Crippen molar-refractivity contribution >= 4 is 46.5 Å². The maximum absolute atomic E-state index is 13.6. The summed E-state index contributed by atoms with van der Waals surface area (Å²) in [5.41, 5.74) is 1.38. The lowest BCUT2D eigenvalue weighted by atomic mass is 9.64. The fourth-order valence-corrected chi connectivity index (χ4v) is 5.76. The fourth-order valence-electron chi connectivity index (χ4n) is 5.24. The number of fused-ring (bicyclic) bond motifs is 2. The van der Waals surface area contributed by atoms with E-state index in [9.17, 15) is 9.59 Å². The van der Waals surface area contributed by atoms with E-state index in [2.05, 4.69) is 31.2 Å². The zero-order chi connectivity index (χ0) is 23.3. The van der Waals surface area contributed by atoms with Crippen LogP contribution in [0.2, 0.25) is 10.0 Å². The van der Waals surface area contributed by atoms with Crippen LogP contribution in [0, 0.1) is 23.2 Å². The second-order valence-corrected chi connectivity index (χ2v) is 10.5. The zero-order valence-corrected chi connectivity index (χ0v) is 20.1. The molecule has 2 aromatic carbocycles. The smallest absolute Gasteiger partial charge is 0.325 e. The van der Waals surface area contributed by atoms with Crippen molar-refractivity contribution < 1.29 is 14.4 Å². The Kier molecular flexibility index (Phi) is 5.62. The predicted octanol–water partition coefficient (Wildman–Crippen LogP) is 6.67. The van der Waals surface area contributed by atoms with E-state index in [-0.39, 0.29) is 16.7 Å². The van der Waals surface area contributed by atoms with Crippen LogP contribution < -0.4 is 5.32 Å². The molecule has 2 unspecified atom stereocenters. The quantitative estimate of drug-likeness (QED) is 0.398. The lowest BCUT2D eigenvalue weighted by molar-refractivity contribution is -0.130. The van der Waals surface area contributed by atoms with Gasteiger partial charge in [-0.05, 0) is 55.5 Å². The van der Waals surface area contributed by atoms with E-state index in [4.69, 9.17) is 28.0 Å². The summed E-state index contributed by atoms with van der Waals surface area (Å²) in [6.07, 6.45) is 1.93. The van der Waals surface area contributed by atoms with E-state index in [1.807, 2.05) is 19.1 Å². The van der Waals surface area contributed by atoms with Crippen molar-refractivity contribution in [2.45, 2.75) is 47.0 Å². The molecule has 2 atom stereocenters. The molecule has 0 aromatic heterocycles. The standard InChI is InChI=1S/C25H26Cl2N2O3/c1-15-5-7-16(8-6-15)21(30)32-29-20-14-25(10-9-24(20,4)23(25,2)3)22(31)28-19-12-17(26)11-18(27)13-19/h5-8,11-13H,9-10,14H2,1-4H3,(H,28,31). The van der Waals surface area contributed by atoms with Gasteiger partial charge in [0.1, 0.15) is 0 Å². The number of hydrogen-bond donors (Lipinski definition) is 1. The van der Waals surface area contributed by atoms with Gasteiger partial charge >= 0.3 is 5.97 Å². The summed E-state index contributed by atoms with van der Waals surface area (Å²) < 4.78 is 0. The van der Waals surface area contributed by atoms with E-state index < -0.39 is 11.4 Å². The summed E-state index contributed by atoms with van der Waals surface area (Å²) in [7, 11) is 0. The Labute approximate surface area is 198 Å². The number of oxime groups is 1. The second-order valence-electron chi connectivity index (χ2n) is 9.61. The van der Waals surface area contributed by atoms with Gasteiger partial charge in [0.15, 0.2) is 0 Å². The molecule has 2 aromatic rings. The van der Waals surface area contributed by atoms with Crippen LogP contribution >= 0.6 is 23.2 Å². The molecule has 1 N–H and O–H groups in total. The number of nitrogens with zero attached hydrogens (tertiary/aromatic N) is 1. The molecule has 168 valence electrons. The number of carbonyl (C=O) groups excluding carboxylic acids is 2. The van der Waals surface area contributed by atoms with Crippen LogP contribution in [0.1, 0.15) is 56.0 Å². The third-order valence-electron chi connectivity index (χ3n) is 7.81. The van der Waals surface area contributed by atoms with Crippen LogP contribution in [-0.2, 0) is 9.63 Å². The average molecular weight is 473 g/mol. The van der Waals surface area contributed by atoms with Crippen molar-refractivity contribution in [1.82, 2.24) is 0 Å². The van der Waals surface area contributed by atoms with Crippen LogP contribution in [0.15, 0.2) is 47.6 Å². The molecular formula is C25H26Cl2N2O3. The van der Waals surface area contributed by atoms with Gasteiger partial charge in [0, 0.05) is 27.6 Å². The first kappa shape index (κ1) is 22.8. The number of hydrogen-bond acceptors (Lipinski definition) is 4. The third kappa shape index (κ3) is 3.52. The number of aryl methyl sites for hydroxylation is 1. The first-order valence-electron chi connectivity index (χ1n) is 10.6.